The highest BCUT2D eigenvalue weighted by molar-refractivity contribution is 7.15. The van der Waals surface area contributed by atoms with Crippen molar-refractivity contribution in [1.82, 2.24) is 15.5 Å². The Bertz CT molecular complexity index is 676. The van der Waals surface area contributed by atoms with Gasteiger partial charge in [0.25, 0.3) is 0 Å². The van der Waals surface area contributed by atoms with Gasteiger partial charge < -0.3 is 19.5 Å². The first-order valence-electron chi connectivity index (χ1n) is 6.58. The Morgan fingerprint density at radius 1 is 1.36 bits per heavy atom. The molecule has 116 valence electrons. The number of hydrogen-bond acceptors (Lipinski definition) is 7. The molecule has 0 saturated heterocycles. The molecule has 0 fully saturated rings. The van der Waals surface area contributed by atoms with Crippen LogP contribution in [0.4, 0.5) is 9.93 Å². The average Bonchev–Trinajstić information content (AvgIpc) is 3.12. The Morgan fingerprint density at radius 3 is 3.05 bits per heavy atom. The quantitative estimate of drug-likeness (QED) is 0.815. The van der Waals surface area contributed by atoms with E-state index in [9.17, 15) is 4.79 Å². The number of nitrogens with one attached hydrogen (secondary N) is 2. The van der Waals surface area contributed by atoms with Crippen molar-refractivity contribution in [3.8, 4) is 17.2 Å². The molecule has 22 heavy (non-hydrogen) atoms. The second kappa shape index (κ2) is 6.48. The first kappa shape index (κ1) is 14.4. The number of rotatable bonds is 5. The van der Waals surface area contributed by atoms with Crippen molar-refractivity contribution in [3.63, 3.8) is 0 Å². The van der Waals surface area contributed by atoms with E-state index in [4.69, 9.17) is 14.2 Å². The summed E-state index contributed by atoms with van der Waals surface area (Å²) < 4.78 is 16.0. The summed E-state index contributed by atoms with van der Waals surface area (Å²) in [6, 6.07) is 4.99. The van der Waals surface area contributed by atoms with Crippen LogP contribution in [0.25, 0.3) is 0 Å². The van der Waals surface area contributed by atoms with Gasteiger partial charge in [-0.05, 0) is 19.1 Å². The Labute approximate surface area is 130 Å². The topological polar surface area (TPSA) is 94.6 Å². The third-order valence-electron chi connectivity index (χ3n) is 2.75. The summed E-state index contributed by atoms with van der Waals surface area (Å²) in [5, 5.41) is 14.1. The standard InChI is InChI=1S/C13H14N4O4S/c1-8-16-17-13(22-8)15-12(18)14-4-5-19-9-2-3-10-11(6-9)21-7-20-10/h2-3,6H,4-5,7H2,1H3,(H2,14,15,17,18). The third-order valence-corrected chi connectivity index (χ3v) is 3.50. The normalized spacial score (nSPS) is 12.0. The molecule has 0 spiro atoms. The maximum atomic E-state index is 11.6. The smallest absolute Gasteiger partial charge is 0.321 e. The van der Waals surface area contributed by atoms with Crippen LogP contribution in [0.15, 0.2) is 18.2 Å². The number of nitrogens with zero attached hydrogens (tertiary/aromatic N) is 2. The minimum atomic E-state index is -0.342. The number of hydrogen-bond donors (Lipinski definition) is 2. The van der Waals surface area contributed by atoms with Crippen LogP contribution in [0.1, 0.15) is 5.01 Å². The van der Waals surface area contributed by atoms with Crippen molar-refractivity contribution in [2.24, 2.45) is 0 Å². The van der Waals surface area contributed by atoms with E-state index in [1.165, 1.54) is 11.3 Å². The van der Waals surface area contributed by atoms with E-state index in [0.717, 1.165) is 5.01 Å². The van der Waals surface area contributed by atoms with E-state index in [0.29, 0.717) is 35.5 Å². The lowest BCUT2D eigenvalue weighted by atomic mass is 10.3. The van der Waals surface area contributed by atoms with Gasteiger partial charge in [0.1, 0.15) is 17.4 Å². The number of fused-ring (bicyclic) bond motifs is 1. The summed E-state index contributed by atoms with van der Waals surface area (Å²) in [7, 11) is 0. The molecule has 0 atom stereocenters. The van der Waals surface area contributed by atoms with Crippen LogP contribution in [-0.2, 0) is 0 Å². The van der Waals surface area contributed by atoms with E-state index in [1.807, 2.05) is 6.92 Å². The maximum Gasteiger partial charge on any atom is 0.321 e. The second-order valence-electron chi connectivity index (χ2n) is 4.37. The molecule has 0 bridgehead atoms. The Morgan fingerprint density at radius 2 is 2.23 bits per heavy atom. The Kier molecular flexibility index (Phi) is 4.24. The SMILES string of the molecule is Cc1nnc(NC(=O)NCCOc2ccc3c(c2)OCO3)s1. The highest BCUT2D eigenvalue weighted by Gasteiger charge is 2.13. The maximum absolute atomic E-state index is 11.6. The van der Waals surface area contributed by atoms with Crippen LogP contribution >= 0.6 is 11.3 Å². The number of carbonyl (C=O) groups excluding carboxylic acids is 1. The van der Waals surface area contributed by atoms with E-state index in [2.05, 4.69) is 20.8 Å². The van der Waals surface area contributed by atoms with Crippen molar-refractivity contribution in [1.29, 1.82) is 0 Å². The van der Waals surface area contributed by atoms with Gasteiger partial charge in [0.2, 0.25) is 11.9 Å². The average molecular weight is 322 g/mol. The Balaban J connectivity index is 1.39. The molecule has 0 aliphatic carbocycles. The van der Waals surface area contributed by atoms with Gasteiger partial charge in [-0.15, -0.1) is 10.2 Å². The zero-order valence-corrected chi connectivity index (χ0v) is 12.6. The molecule has 3 rings (SSSR count). The van der Waals surface area contributed by atoms with Crippen molar-refractivity contribution in [2.45, 2.75) is 6.92 Å². The van der Waals surface area contributed by atoms with Gasteiger partial charge in [-0.25, -0.2) is 4.79 Å². The summed E-state index contributed by atoms with van der Waals surface area (Å²) in [6.07, 6.45) is 0. The molecule has 9 heteroatoms. The van der Waals surface area contributed by atoms with Crippen LogP contribution in [0.3, 0.4) is 0 Å². The first-order chi connectivity index (χ1) is 10.7. The second-order valence-corrected chi connectivity index (χ2v) is 5.55. The summed E-state index contributed by atoms with van der Waals surface area (Å²) in [6.45, 7) is 2.74. The predicted molar refractivity (Wildman–Crippen MR) is 79.7 cm³/mol. The molecule has 1 aliphatic heterocycles. The minimum Gasteiger partial charge on any atom is -0.492 e. The van der Waals surface area contributed by atoms with Crippen LogP contribution in [-0.4, -0.2) is 36.2 Å². The highest BCUT2D eigenvalue weighted by Crippen LogP contribution is 2.34. The zero-order valence-electron chi connectivity index (χ0n) is 11.8. The number of urea groups is 1. The number of amides is 2. The molecular weight excluding hydrogens is 308 g/mol. The minimum absolute atomic E-state index is 0.228. The summed E-state index contributed by atoms with van der Waals surface area (Å²) in [4.78, 5) is 11.6. The molecule has 2 heterocycles. The number of aromatic nitrogens is 2. The number of anilines is 1. The number of aryl methyl sites for hydroxylation is 1. The molecular formula is C13H14N4O4S. The summed E-state index contributed by atoms with van der Waals surface area (Å²) in [5.41, 5.74) is 0. The first-order valence-corrected chi connectivity index (χ1v) is 7.40. The van der Waals surface area contributed by atoms with Crippen molar-refractivity contribution in [3.05, 3.63) is 23.2 Å². The van der Waals surface area contributed by atoms with Crippen LogP contribution in [0.5, 0.6) is 17.2 Å². The van der Waals surface area contributed by atoms with Crippen LogP contribution in [0, 0.1) is 6.92 Å². The lowest BCUT2D eigenvalue weighted by molar-refractivity contribution is 0.173. The fraction of sp³-hybridized carbons (Fsp3) is 0.308. The molecule has 0 saturated carbocycles. The van der Waals surface area contributed by atoms with Crippen molar-refractivity contribution < 1.29 is 19.0 Å². The van der Waals surface area contributed by atoms with Gasteiger partial charge in [0.05, 0.1) is 6.54 Å². The van der Waals surface area contributed by atoms with Crippen molar-refractivity contribution >= 4 is 22.5 Å². The monoisotopic (exact) mass is 322 g/mol. The van der Waals surface area contributed by atoms with Crippen molar-refractivity contribution in [2.75, 3.05) is 25.3 Å². The summed E-state index contributed by atoms with van der Waals surface area (Å²) >= 11 is 1.31. The van der Waals surface area contributed by atoms with Crippen LogP contribution < -0.4 is 24.8 Å². The fourth-order valence-electron chi connectivity index (χ4n) is 1.79. The van der Waals surface area contributed by atoms with Crippen LogP contribution in [0.2, 0.25) is 0 Å². The highest BCUT2D eigenvalue weighted by atomic mass is 32.1. The molecule has 2 amide bonds. The fourth-order valence-corrected chi connectivity index (χ4v) is 2.38. The largest absolute Gasteiger partial charge is 0.492 e. The van der Waals surface area contributed by atoms with Gasteiger partial charge in [-0.1, -0.05) is 11.3 Å². The lowest BCUT2D eigenvalue weighted by Crippen LogP contribution is -2.32. The van der Waals surface area contributed by atoms with Gasteiger partial charge in [0, 0.05) is 6.07 Å². The molecule has 8 nitrogen and oxygen atoms in total. The number of ether oxygens (including phenoxy) is 3. The van der Waals surface area contributed by atoms with E-state index in [-0.39, 0.29) is 12.8 Å². The van der Waals surface area contributed by atoms with Gasteiger partial charge >= 0.3 is 6.03 Å². The van der Waals surface area contributed by atoms with E-state index in [1.54, 1.807) is 18.2 Å². The molecule has 0 radical (unpaired) electrons. The molecule has 1 aromatic carbocycles. The molecule has 2 N–H and O–H groups in total. The number of benzene rings is 1. The number of carbonyl (C=O) groups is 1. The predicted octanol–water partition coefficient (Wildman–Crippen LogP) is 1.78. The summed E-state index contributed by atoms with van der Waals surface area (Å²) in [5.74, 6) is 2.03. The third kappa shape index (κ3) is 3.55. The Hall–Kier alpha value is -2.55. The molecule has 1 aliphatic rings. The van der Waals surface area contributed by atoms with Gasteiger partial charge in [0.15, 0.2) is 11.5 Å². The molecule has 1 aromatic heterocycles. The lowest BCUT2D eigenvalue weighted by Gasteiger charge is -2.08. The molecule has 2 aromatic rings. The van der Waals surface area contributed by atoms with Gasteiger partial charge in [-0.2, -0.15) is 0 Å². The molecule has 0 unspecified atom stereocenters. The van der Waals surface area contributed by atoms with Gasteiger partial charge in [-0.3, -0.25) is 5.32 Å². The van der Waals surface area contributed by atoms with E-state index < -0.39 is 0 Å². The van der Waals surface area contributed by atoms with E-state index >= 15 is 0 Å². The zero-order chi connectivity index (χ0) is 15.4.